The molecule has 2 aromatic rings. The van der Waals surface area contributed by atoms with Crippen LogP contribution < -0.4 is 15.0 Å². The summed E-state index contributed by atoms with van der Waals surface area (Å²) >= 11 is 0. The van der Waals surface area contributed by atoms with Crippen molar-refractivity contribution < 1.29 is 23.5 Å². The summed E-state index contributed by atoms with van der Waals surface area (Å²) in [6.45, 7) is 1.60. The predicted molar refractivity (Wildman–Crippen MR) is 116 cm³/mol. The van der Waals surface area contributed by atoms with Crippen molar-refractivity contribution in [3.05, 3.63) is 48.4 Å². The van der Waals surface area contributed by atoms with Crippen molar-refractivity contribution in [1.29, 1.82) is 0 Å². The molecule has 1 aromatic carbocycles. The van der Waals surface area contributed by atoms with Crippen LogP contribution in [0.3, 0.4) is 0 Å². The highest BCUT2D eigenvalue weighted by molar-refractivity contribution is 6.01. The largest absolute Gasteiger partial charge is 0.495 e. The molecular formula is C24H27N3O5. The maximum absolute atomic E-state index is 13.3. The van der Waals surface area contributed by atoms with Gasteiger partial charge in [0, 0.05) is 32.1 Å². The molecule has 3 amide bonds. The van der Waals surface area contributed by atoms with E-state index in [1.807, 2.05) is 29.2 Å². The molecule has 1 N–H and O–H groups in total. The topological polar surface area (TPSA) is 92.1 Å². The molecule has 0 spiro atoms. The SMILES string of the molecule is COc1ccccc1N1CC(C(=O)N2C[C@H]3CC[C@@H](C2)C3NC(=O)c2ccoc2)CC1=O. The van der Waals surface area contributed by atoms with Gasteiger partial charge in [0.25, 0.3) is 5.91 Å². The molecule has 2 saturated heterocycles. The zero-order valence-electron chi connectivity index (χ0n) is 18.0. The van der Waals surface area contributed by atoms with Crippen molar-refractivity contribution >= 4 is 23.4 Å². The number of fused-ring (bicyclic) bond motifs is 2. The van der Waals surface area contributed by atoms with Crippen molar-refractivity contribution in [3.63, 3.8) is 0 Å². The molecule has 1 aliphatic carbocycles. The van der Waals surface area contributed by atoms with Crippen molar-refractivity contribution in [2.75, 3.05) is 31.6 Å². The molecule has 1 aromatic heterocycles. The summed E-state index contributed by atoms with van der Waals surface area (Å²) in [5, 5.41) is 3.15. The maximum Gasteiger partial charge on any atom is 0.254 e. The van der Waals surface area contributed by atoms with E-state index in [1.165, 1.54) is 12.5 Å². The number of nitrogens with zero attached hydrogens (tertiary/aromatic N) is 2. The number of methoxy groups -OCH3 is 1. The number of ether oxygens (including phenoxy) is 1. The van der Waals surface area contributed by atoms with Crippen molar-refractivity contribution in [2.24, 2.45) is 17.8 Å². The van der Waals surface area contributed by atoms with Gasteiger partial charge < -0.3 is 24.3 Å². The molecule has 1 saturated carbocycles. The molecule has 3 aliphatic rings. The van der Waals surface area contributed by atoms with Crippen LogP contribution in [0, 0.1) is 17.8 Å². The predicted octanol–water partition coefficient (Wildman–Crippen LogP) is 2.31. The number of piperidine rings is 1. The average Bonchev–Trinajstić information content (AvgIpc) is 3.52. The molecule has 32 heavy (non-hydrogen) atoms. The molecule has 4 atom stereocenters. The maximum atomic E-state index is 13.3. The Bertz CT molecular complexity index is 1010. The molecule has 168 valence electrons. The molecular weight excluding hydrogens is 410 g/mol. The van der Waals surface area contributed by atoms with Crippen molar-refractivity contribution in [3.8, 4) is 5.75 Å². The van der Waals surface area contributed by atoms with E-state index in [2.05, 4.69) is 5.32 Å². The van der Waals surface area contributed by atoms with Crippen LogP contribution in [-0.4, -0.2) is 55.4 Å². The summed E-state index contributed by atoms with van der Waals surface area (Å²) in [4.78, 5) is 42.1. The Morgan fingerprint density at radius 3 is 2.53 bits per heavy atom. The van der Waals surface area contributed by atoms with Gasteiger partial charge in [-0.25, -0.2) is 0 Å². The zero-order valence-corrected chi connectivity index (χ0v) is 18.0. The summed E-state index contributed by atoms with van der Waals surface area (Å²) < 4.78 is 10.4. The first-order valence-electron chi connectivity index (χ1n) is 11.1. The Balaban J connectivity index is 1.24. The van der Waals surface area contributed by atoms with Gasteiger partial charge in [0.05, 0.1) is 30.5 Å². The lowest BCUT2D eigenvalue weighted by Gasteiger charge is -2.39. The molecule has 2 bridgehead atoms. The molecule has 8 nitrogen and oxygen atoms in total. The second kappa shape index (κ2) is 8.33. The molecule has 3 heterocycles. The van der Waals surface area contributed by atoms with Crippen LogP contribution >= 0.6 is 0 Å². The van der Waals surface area contributed by atoms with Gasteiger partial charge in [-0.3, -0.25) is 14.4 Å². The smallest absolute Gasteiger partial charge is 0.254 e. The van der Waals surface area contributed by atoms with Gasteiger partial charge in [0.15, 0.2) is 0 Å². The Morgan fingerprint density at radius 1 is 1.09 bits per heavy atom. The fourth-order valence-electron chi connectivity index (χ4n) is 5.48. The van der Waals surface area contributed by atoms with Gasteiger partial charge in [-0.1, -0.05) is 12.1 Å². The van der Waals surface area contributed by atoms with E-state index in [0.29, 0.717) is 36.6 Å². The second-order valence-electron chi connectivity index (χ2n) is 8.93. The Kier molecular flexibility index (Phi) is 5.36. The van der Waals surface area contributed by atoms with E-state index in [4.69, 9.17) is 9.15 Å². The highest BCUT2D eigenvalue weighted by atomic mass is 16.5. The third-order valence-corrected chi connectivity index (χ3v) is 7.08. The molecule has 0 radical (unpaired) electrons. The number of rotatable bonds is 5. The molecule has 2 unspecified atom stereocenters. The van der Waals surface area contributed by atoms with Crippen LogP contribution in [0.15, 0.2) is 47.3 Å². The number of hydrogen-bond donors (Lipinski definition) is 1. The molecule has 2 aliphatic heterocycles. The Labute approximate surface area is 186 Å². The lowest BCUT2D eigenvalue weighted by molar-refractivity contribution is -0.138. The summed E-state index contributed by atoms with van der Waals surface area (Å²) in [6, 6.07) is 9.10. The third kappa shape index (κ3) is 3.63. The fourth-order valence-corrected chi connectivity index (χ4v) is 5.48. The third-order valence-electron chi connectivity index (χ3n) is 7.08. The first-order valence-corrected chi connectivity index (χ1v) is 11.1. The first-order chi connectivity index (χ1) is 15.5. The van der Waals surface area contributed by atoms with Gasteiger partial charge >= 0.3 is 0 Å². The van der Waals surface area contributed by atoms with Crippen LogP contribution in [0.4, 0.5) is 5.69 Å². The lowest BCUT2D eigenvalue weighted by Crippen LogP contribution is -2.55. The number of carbonyl (C=O) groups is 3. The monoisotopic (exact) mass is 437 g/mol. The quantitative estimate of drug-likeness (QED) is 0.775. The average molecular weight is 437 g/mol. The van der Waals surface area contributed by atoms with Crippen LogP contribution in [0.5, 0.6) is 5.75 Å². The molecule has 3 fully saturated rings. The summed E-state index contributed by atoms with van der Waals surface area (Å²) in [7, 11) is 1.58. The van der Waals surface area contributed by atoms with E-state index in [-0.39, 0.29) is 47.9 Å². The Morgan fingerprint density at radius 2 is 1.84 bits per heavy atom. The minimum absolute atomic E-state index is 0.0345. The number of nitrogens with one attached hydrogen (secondary N) is 1. The number of anilines is 1. The number of carbonyl (C=O) groups excluding carboxylic acids is 3. The fraction of sp³-hybridized carbons (Fsp3) is 0.458. The molecule has 8 heteroatoms. The van der Waals surface area contributed by atoms with Gasteiger partial charge in [0.2, 0.25) is 11.8 Å². The number of para-hydroxylation sites is 2. The van der Waals surface area contributed by atoms with Crippen LogP contribution in [0.2, 0.25) is 0 Å². The van der Waals surface area contributed by atoms with E-state index in [9.17, 15) is 14.4 Å². The van der Waals surface area contributed by atoms with E-state index < -0.39 is 0 Å². The number of hydrogen-bond acceptors (Lipinski definition) is 5. The van der Waals surface area contributed by atoms with Crippen molar-refractivity contribution in [2.45, 2.75) is 25.3 Å². The second-order valence-corrected chi connectivity index (χ2v) is 8.93. The van der Waals surface area contributed by atoms with Crippen LogP contribution in [0.1, 0.15) is 29.6 Å². The standard InChI is InChI=1S/C24H27N3O5/c1-31-20-5-3-2-4-19(20)27-13-18(10-21(27)28)24(30)26-11-15-6-7-16(12-26)22(15)25-23(29)17-8-9-32-14-17/h2-5,8-9,14-16,18,22H,6-7,10-13H2,1H3,(H,25,29)/t15-,16+,18?,22?. The number of likely N-dealkylation sites (tertiary alicyclic amines) is 1. The van der Waals surface area contributed by atoms with Crippen molar-refractivity contribution in [1.82, 2.24) is 10.2 Å². The molecule has 5 rings (SSSR count). The first kappa shape index (κ1) is 20.6. The van der Waals surface area contributed by atoms with Crippen LogP contribution in [-0.2, 0) is 9.59 Å². The van der Waals surface area contributed by atoms with E-state index in [1.54, 1.807) is 18.1 Å². The number of benzene rings is 1. The van der Waals surface area contributed by atoms with Crippen LogP contribution in [0.25, 0.3) is 0 Å². The summed E-state index contributed by atoms with van der Waals surface area (Å²) in [5.74, 6) is 0.580. The minimum Gasteiger partial charge on any atom is -0.495 e. The lowest BCUT2D eigenvalue weighted by atomic mass is 9.90. The number of amides is 3. The van der Waals surface area contributed by atoms with Gasteiger partial charge in [-0.05, 0) is 42.9 Å². The zero-order chi connectivity index (χ0) is 22.2. The van der Waals surface area contributed by atoms with Gasteiger partial charge in [-0.2, -0.15) is 0 Å². The highest BCUT2D eigenvalue weighted by Gasteiger charge is 2.46. The van der Waals surface area contributed by atoms with Gasteiger partial charge in [0.1, 0.15) is 12.0 Å². The summed E-state index contributed by atoms with van der Waals surface area (Å²) in [5.41, 5.74) is 1.22. The van der Waals surface area contributed by atoms with Gasteiger partial charge in [-0.15, -0.1) is 0 Å². The van der Waals surface area contributed by atoms with E-state index >= 15 is 0 Å². The van der Waals surface area contributed by atoms with E-state index in [0.717, 1.165) is 12.8 Å². The highest BCUT2D eigenvalue weighted by Crippen LogP contribution is 2.39. The number of furan rings is 1. The minimum atomic E-state index is -0.358. The summed E-state index contributed by atoms with van der Waals surface area (Å²) in [6.07, 6.45) is 5.12. The Hall–Kier alpha value is -3.29. The normalized spacial score (nSPS) is 27.0.